The Kier molecular flexibility index (Phi) is 2.23. The Bertz CT molecular complexity index is 677. The van der Waals surface area contributed by atoms with E-state index in [9.17, 15) is 0 Å². The van der Waals surface area contributed by atoms with E-state index in [4.69, 9.17) is 5.73 Å². The van der Waals surface area contributed by atoms with Gasteiger partial charge >= 0.3 is 0 Å². The first-order valence-electron chi connectivity index (χ1n) is 5.61. The lowest BCUT2D eigenvalue weighted by atomic mass is 10.1. The molecule has 0 radical (unpaired) electrons. The molecule has 2 aromatic heterocycles. The number of anilines is 1. The van der Waals surface area contributed by atoms with Gasteiger partial charge in [0.25, 0.3) is 0 Å². The van der Waals surface area contributed by atoms with E-state index in [0.717, 1.165) is 11.4 Å². The summed E-state index contributed by atoms with van der Waals surface area (Å²) in [5, 5.41) is 0. The smallest absolute Gasteiger partial charge is 0.112 e. The van der Waals surface area contributed by atoms with Gasteiger partial charge in [0.05, 0.1) is 5.69 Å². The van der Waals surface area contributed by atoms with E-state index < -0.39 is 0 Å². The molecule has 3 rings (SSSR count). The molecule has 0 amide bonds. The molecule has 0 spiro atoms. The predicted molar refractivity (Wildman–Crippen MR) is 74.6 cm³/mol. The lowest BCUT2D eigenvalue weighted by Gasteiger charge is -2.04. The van der Waals surface area contributed by atoms with Crippen molar-refractivity contribution in [2.24, 2.45) is 0 Å². The highest BCUT2D eigenvalue weighted by Crippen LogP contribution is 2.35. The fraction of sp³-hybridized carbons (Fsp3) is 0.143. The van der Waals surface area contributed by atoms with E-state index >= 15 is 0 Å². The summed E-state index contributed by atoms with van der Waals surface area (Å²) in [4.78, 5) is 2.52. The molecule has 3 aromatic rings. The maximum atomic E-state index is 6.16. The minimum atomic E-state index is 0.850. The van der Waals surface area contributed by atoms with Gasteiger partial charge in [-0.25, -0.2) is 0 Å². The average Bonchev–Trinajstić information content (AvgIpc) is 2.77. The van der Waals surface area contributed by atoms with Crippen LogP contribution in [0.2, 0.25) is 0 Å². The van der Waals surface area contributed by atoms with Gasteiger partial charge in [0.1, 0.15) is 10.6 Å². The number of fused-ring (bicyclic) bond motifs is 1. The summed E-state index contributed by atoms with van der Waals surface area (Å²) in [7, 11) is 0. The number of nitrogens with two attached hydrogens (primary N) is 1. The predicted octanol–water partition coefficient (Wildman–Crippen LogP) is 3.87. The van der Waals surface area contributed by atoms with Crippen molar-refractivity contribution in [3.8, 4) is 11.3 Å². The molecule has 0 unspecified atom stereocenters. The van der Waals surface area contributed by atoms with Gasteiger partial charge in [-0.2, -0.15) is 0 Å². The van der Waals surface area contributed by atoms with Crippen molar-refractivity contribution in [2.75, 3.05) is 5.73 Å². The van der Waals surface area contributed by atoms with Crippen LogP contribution in [0, 0.1) is 13.8 Å². The van der Waals surface area contributed by atoms with E-state index in [1.807, 2.05) is 6.07 Å². The van der Waals surface area contributed by atoms with Crippen molar-refractivity contribution < 1.29 is 0 Å². The summed E-state index contributed by atoms with van der Waals surface area (Å²) in [6.07, 6.45) is 0. The first-order chi connectivity index (χ1) is 8.18. The van der Waals surface area contributed by atoms with Crippen LogP contribution in [0.4, 0.5) is 5.82 Å². The molecule has 0 saturated heterocycles. The second-order valence-corrected chi connectivity index (χ2v) is 5.49. The molecule has 2 heterocycles. The number of aromatic nitrogens is 1. The Hall–Kier alpha value is -1.74. The molecule has 1 aromatic carbocycles. The molecular formula is C14H14N2S. The molecule has 0 aliphatic rings. The molecule has 2 nitrogen and oxygen atoms in total. The summed E-state index contributed by atoms with van der Waals surface area (Å²) in [6.45, 7) is 4.20. The van der Waals surface area contributed by atoms with Crippen molar-refractivity contribution in [1.29, 1.82) is 0 Å². The summed E-state index contributed by atoms with van der Waals surface area (Å²) < 4.78 is 2.16. The van der Waals surface area contributed by atoms with Crippen LogP contribution in [0.5, 0.6) is 0 Å². The normalized spacial score (nSPS) is 11.2. The Balaban J connectivity index is 2.39. The van der Waals surface area contributed by atoms with Gasteiger partial charge in [0.15, 0.2) is 0 Å². The number of hydrogen-bond acceptors (Lipinski definition) is 2. The van der Waals surface area contributed by atoms with Crippen molar-refractivity contribution in [3.05, 3.63) is 46.8 Å². The van der Waals surface area contributed by atoms with Crippen LogP contribution >= 0.6 is 11.3 Å². The van der Waals surface area contributed by atoms with E-state index in [0.29, 0.717) is 0 Å². The van der Waals surface area contributed by atoms with E-state index in [2.05, 4.69) is 48.6 Å². The number of aryl methyl sites for hydroxylation is 2. The summed E-state index contributed by atoms with van der Waals surface area (Å²) >= 11 is 1.79. The van der Waals surface area contributed by atoms with Crippen molar-refractivity contribution in [3.63, 3.8) is 0 Å². The standard InChI is InChI=1S/C14H14N2S/c1-9-8-12-16(14(9)15)13(10(2)17-12)11-6-4-3-5-7-11/h3-8H,15H2,1-2H3. The van der Waals surface area contributed by atoms with Crippen LogP contribution in [0.3, 0.4) is 0 Å². The van der Waals surface area contributed by atoms with Crippen LogP contribution in [-0.4, -0.2) is 4.40 Å². The summed E-state index contributed by atoms with van der Waals surface area (Å²) in [5.41, 5.74) is 9.75. The van der Waals surface area contributed by atoms with E-state index in [1.165, 1.54) is 21.0 Å². The lowest BCUT2D eigenvalue weighted by Crippen LogP contribution is -1.95. The molecule has 0 aliphatic carbocycles. The molecular weight excluding hydrogens is 228 g/mol. The quantitative estimate of drug-likeness (QED) is 0.690. The topological polar surface area (TPSA) is 30.4 Å². The highest BCUT2D eigenvalue weighted by atomic mass is 32.1. The number of rotatable bonds is 1. The van der Waals surface area contributed by atoms with Gasteiger partial charge in [-0.1, -0.05) is 30.3 Å². The number of nitrogen functional groups attached to an aromatic ring is 1. The fourth-order valence-electron chi connectivity index (χ4n) is 2.22. The molecule has 2 N–H and O–H groups in total. The Morgan fingerprint density at radius 1 is 1.12 bits per heavy atom. The Morgan fingerprint density at radius 3 is 2.53 bits per heavy atom. The zero-order valence-corrected chi connectivity index (χ0v) is 10.7. The number of benzene rings is 1. The first-order valence-corrected chi connectivity index (χ1v) is 6.42. The monoisotopic (exact) mass is 242 g/mol. The SMILES string of the molecule is Cc1cc2sc(C)c(-c3ccccc3)n2c1N. The van der Waals surface area contributed by atoms with Gasteiger partial charge in [-0.05, 0) is 31.0 Å². The molecule has 0 aliphatic heterocycles. The molecule has 17 heavy (non-hydrogen) atoms. The largest absolute Gasteiger partial charge is 0.385 e. The van der Waals surface area contributed by atoms with Gasteiger partial charge in [0, 0.05) is 4.88 Å². The second kappa shape index (κ2) is 3.64. The van der Waals surface area contributed by atoms with Crippen LogP contribution in [0.25, 0.3) is 16.1 Å². The van der Waals surface area contributed by atoms with Crippen molar-refractivity contribution >= 4 is 22.0 Å². The zero-order chi connectivity index (χ0) is 12.0. The third kappa shape index (κ3) is 1.46. The maximum Gasteiger partial charge on any atom is 0.112 e. The van der Waals surface area contributed by atoms with E-state index in [1.54, 1.807) is 11.3 Å². The third-order valence-corrected chi connectivity index (χ3v) is 4.08. The number of hydrogen-bond donors (Lipinski definition) is 1. The molecule has 0 fully saturated rings. The van der Waals surface area contributed by atoms with Gasteiger partial charge < -0.3 is 5.73 Å². The summed E-state index contributed by atoms with van der Waals surface area (Å²) in [6, 6.07) is 12.6. The van der Waals surface area contributed by atoms with Crippen LogP contribution in [-0.2, 0) is 0 Å². The van der Waals surface area contributed by atoms with Crippen molar-refractivity contribution in [2.45, 2.75) is 13.8 Å². The van der Waals surface area contributed by atoms with Crippen LogP contribution < -0.4 is 5.73 Å². The molecule has 86 valence electrons. The second-order valence-electron chi connectivity index (χ2n) is 4.26. The maximum absolute atomic E-state index is 6.16. The highest BCUT2D eigenvalue weighted by Gasteiger charge is 2.14. The molecule has 3 heteroatoms. The molecule has 0 saturated carbocycles. The summed E-state index contributed by atoms with van der Waals surface area (Å²) in [5.74, 6) is 0.850. The Labute approximate surface area is 104 Å². The van der Waals surface area contributed by atoms with Gasteiger partial charge in [-0.15, -0.1) is 11.3 Å². The first kappa shape index (κ1) is 10.4. The lowest BCUT2D eigenvalue weighted by molar-refractivity contribution is 1.22. The molecule has 0 atom stereocenters. The number of nitrogens with zero attached hydrogens (tertiary/aromatic N) is 1. The fourth-order valence-corrected chi connectivity index (χ4v) is 3.35. The highest BCUT2D eigenvalue weighted by molar-refractivity contribution is 7.17. The van der Waals surface area contributed by atoms with Crippen LogP contribution in [0.15, 0.2) is 36.4 Å². The minimum absolute atomic E-state index is 0.850. The number of thiazole rings is 1. The third-order valence-electron chi connectivity index (χ3n) is 3.07. The minimum Gasteiger partial charge on any atom is -0.385 e. The van der Waals surface area contributed by atoms with Crippen molar-refractivity contribution in [1.82, 2.24) is 4.40 Å². The average molecular weight is 242 g/mol. The zero-order valence-electron chi connectivity index (χ0n) is 9.90. The van der Waals surface area contributed by atoms with Gasteiger partial charge in [0.2, 0.25) is 0 Å². The molecule has 0 bridgehead atoms. The van der Waals surface area contributed by atoms with Gasteiger partial charge in [-0.3, -0.25) is 4.40 Å². The van der Waals surface area contributed by atoms with E-state index in [-0.39, 0.29) is 0 Å². The Morgan fingerprint density at radius 2 is 1.82 bits per heavy atom. The van der Waals surface area contributed by atoms with Crippen LogP contribution in [0.1, 0.15) is 10.4 Å².